The van der Waals surface area contributed by atoms with Crippen molar-refractivity contribution < 1.29 is 14.3 Å². The Kier molecular flexibility index (Phi) is 4.85. The van der Waals surface area contributed by atoms with E-state index in [1.807, 2.05) is 28.9 Å². The monoisotopic (exact) mass is 331 g/mol. The van der Waals surface area contributed by atoms with Crippen molar-refractivity contribution in [2.24, 2.45) is 5.41 Å². The molecule has 0 N–H and O–H groups in total. The average Bonchev–Trinajstić information content (AvgIpc) is 2.90. The highest BCUT2D eigenvalue weighted by Crippen LogP contribution is 2.41. The first kappa shape index (κ1) is 16.9. The summed E-state index contributed by atoms with van der Waals surface area (Å²) >= 11 is 0. The van der Waals surface area contributed by atoms with E-state index in [4.69, 9.17) is 4.74 Å². The third kappa shape index (κ3) is 3.15. The van der Waals surface area contributed by atoms with E-state index < -0.39 is 0 Å². The quantitative estimate of drug-likeness (QED) is 0.839. The zero-order valence-corrected chi connectivity index (χ0v) is 14.5. The maximum absolute atomic E-state index is 12.7. The smallest absolute Gasteiger partial charge is 0.255 e. The average molecular weight is 331 g/mol. The van der Waals surface area contributed by atoms with Gasteiger partial charge in [-0.25, -0.2) is 0 Å². The normalized spacial score (nSPS) is 20.0. The Morgan fingerprint density at radius 3 is 2.58 bits per heavy atom. The summed E-state index contributed by atoms with van der Waals surface area (Å²) in [5.41, 5.74) is 1.25. The summed E-state index contributed by atoms with van der Waals surface area (Å²) in [6.07, 6.45) is 4.03. The molecular formula is C18H25N3O3. The molecule has 0 atom stereocenters. The van der Waals surface area contributed by atoms with E-state index in [9.17, 15) is 9.59 Å². The number of likely N-dealkylation sites (tertiary alicyclic amines) is 2. The van der Waals surface area contributed by atoms with E-state index in [1.165, 1.54) is 0 Å². The first-order chi connectivity index (χ1) is 11.6. The lowest BCUT2D eigenvalue weighted by molar-refractivity contribution is -0.138. The molecule has 0 saturated carbocycles. The van der Waals surface area contributed by atoms with Gasteiger partial charge in [0, 0.05) is 45.2 Å². The molecule has 6 nitrogen and oxygen atoms in total. The van der Waals surface area contributed by atoms with Crippen molar-refractivity contribution in [3.05, 3.63) is 29.6 Å². The van der Waals surface area contributed by atoms with Gasteiger partial charge in [0.25, 0.3) is 5.91 Å². The molecule has 6 heteroatoms. The Bertz CT molecular complexity index is 606. The number of hydrogen-bond acceptors (Lipinski definition) is 4. The van der Waals surface area contributed by atoms with Crippen LogP contribution in [0.5, 0.6) is 0 Å². The predicted octanol–water partition coefficient (Wildman–Crippen LogP) is 1.49. The van der Waals surface area contributed by atoms with Gasteiger partial charge in [0.2, 0.25) is 5.91 Å². The molecule has 0 unspecified atom stereocenters. The Morgan fingerprint density at radius 2 is 1.96 bits per heavy atom. The minimum absolute atomic E-state index is 0.0130. The predicted molar refractivity (Wildman–Crippen MR) is 89.6 cm³/mol. The number of nitrogens with zero attached hydrogens (tertiary/aromatic N) is 3. The Balaban J connectivity index is 1.60. The van der Waals surface area contributed by atoms with Gasteiger partial charge in [-0.15, -0.1) is 0 Å². The van der Waals surface area contributed by atoms with Gasteiger partial charge in [-0.2, -0.15) is 0 Å². The first-order valence-corrected chi connectivity index (χ1v) is 8.56. The zero-order chi connectivity index (χ0) is 17.2. The van der Waals surface area contributed by atoms with Gasteiger partial charge in [-0.3, -0.25) is 14.6 Å². The number of aryl methyl sites for hydroxylation is 1. The number of piperidine rings is 1. The third-order valence-corrected chi connectivity index (χ3v) is 5.33. The summed E-state index contributed by atoms with van der Waals surface area (Å²) in [7, 11) is 1.65. The van der Waals surface area contributed by atoms with E-state index >= 15 is 0 Å². The molecule has 3 heterocycles. The van der Waals surface area contributed by atoms with E-state index in [2.05, 4.69) is 4.98 Å². The van der Waals surface area contributed by atoms with Crippen molar-refractivity contribution in [3.8, 4) is 0 Å². The molecule has 130 valence electrons. The van der Waals surface area contributed by atoms with E-state index in [0.29, 0.717) is 31.8 Å². The molecule has 3 rings (SSSR count). The topological polar surface area (TPSA) is 62.7 Å². The number of amides is 2. The molecule has 1 aromatic heterocycles. The van der Waals surface area contributed by atoms with Gasteiger partial charge in [0.05, 0.1) is 17.6 Å². The number of aromatic nitrogens is 1. The lowest BCUT2D eigenvalue weighted by Crippen LogP contribution is -2.47. The van der Waals surface area contributed by atoms with Crippen molar-refractivity contribution >= 4 is 11.8 Å². The number of methoxy groups -OCH3 is 1. The fraction of sp³-hybridized carbons (Fsp3) is 0.611. The van der Waals surface area contributed by atoms with Crippen molar-refractivity contribution in [3.63, 3.8) is 0 Å². The molecular weight excluding hydrogens is 306 g/mol. The summed E-state index contributed by atoms with van der Waals surface area (Å²) in [5.74, 6) is 0.252. The van der Waals surface area contributed by atoms with Crippen LogP contribution in [0.25, 0.3) is 0 Å². The van der Waals surface area contributed by atoms with Crippen LogP contribution in [0.4, 0.5) is 0 Å². The van der Waals surface area contributed by atoms with Gasteiger partial charge in [0.15, 0.2) is 0 Å². The molecule has 0 bridgehead atoms. The van der Waals surface area contributed by atoms with Crippen molar-refractivity contribution in [1.29, 1.82) is 0 Å². The van der Waals surface area contributed by atoms with Crippen LogP contribution in [0, 0.1) is 12.3 Å². The van der Waals surface area contributed by atoms with Crippen LogP contribution < -0.4 is 0 Å². The van der Waals surface area contributed by atoms with Crippen LogP contribution in [0.1, 0.15) is 35.3 Å². The molecule has 1 aromatic rings. The largest absolute Gasteiger partial charge is 0.383 e. The van der Waals surface area contributed by atoms with Crippen molar-refractivity contribution in [1.82, 2.24) is 14.8 Å². The maximum atomic E-state index is 12.7. The van der Waals surface area contributed by atoms with E-state index in [1.54, 1.807) is 13.3 Å². The molecule has 0 aromatic carbocycles. The number of carbonyl (C=O) groups is 2. The Labute approximate surface area is 142 Å². The molecule has 2 fully saturated rings. The van der Waals surface area contributed by atoms with Gasteiger partial charge in [-0.05, 0) is 38.3 Å². The van der Waals surface area contributed by atoms with Crippen LogP contribution in [0.3, 0.4) is 0 Å². The van der Waals surface area contributed by atoms with Crippen molar-refractivity contribution in [2.45, 2.75) is 26.2 Å². The molecule has 24 heavy (non-hydrogen) atoms. The second kappa shape index (κ2) is 6.89. The molecule has 2 aliphatic rings. The fourth-order valence-electron chi connectivity index (χ4n) is 3.69. The van der Waals surface area contributed by atoms with E-state index in [0.717, 1.165) is 31.5 Å². The van der Waals surface area contributed by atoms with E-state index in [-0.39, 0.29) is 17.2 Å². The standard InChI is InChI=1S/C18H25N3O3/c1-14-3-4-15(13-19-14)16(22)20-8-5-18(6-9-20)7-10-21(17(18)23)11-12-24-2/h3-4,13H,5-12H2,1-2H3. The second-order valence-electron chi connectivity index (χ2n) is 6.80. The summed E-state index contributed by atoms with van der Waals surface area (Å²) in [6.45, 7) is 5.22. The number of carbonyl (C=O) groups excluding carboxylic acids is 2. The summed E-state index contributed by atoms with van der Waals surface area (Å²) in [4.78, 5) is 33.3. The highest BCUT2D eigenvalue weighted by atomic mass is 16.5. The number of hydrogen-bond donors (Lipinski definition) is 0. The molecule has 2 aliphatic heterocycles. The van der Waals surface area contributed by atoms with Gasteiger partial charge in [-0.1, -0.05) is 0 Å². The number of rotatable bonds is 4. The van der Waals surface area contributed by atoms with Crippen LogP contribution in [0.15, 0.2) is 18.3 Å². The Hall–Kier alpha value is -1.95. The number of ether oxygens (including phenoxy) is 1. The molecule has 0 aliphatic carbocycles. The Morgan fingerprint density at radius 1 is 1.25 bits per heavy atom. The van der Waals surface area contributed by atoms with Crippen LogP contribution in [-0.2, 0) is 9.53 Å². The summed E-state index contributed by atoms with van der Waals surface area (Å²) in [5, 5.41) is 0. The fourth-order valence-corrected chi connectivity index (χ4v) is 3.69. The van der Waals surface area contributed by atoms with Crippen LogP contribution in [0.2, 0.25) is 0 Å². The lowest BCUT2D eigenvalue weighted by Gasteiger charge is -2.38. The molecule has 2 amide bonds. The SMILES string of the molecule is COCCN1CCC2(CCN(C(=O)c3ccc(C)nc3)CC2)C1=O. The van der Waals surface area contributed by atoms with Crippen LogP contribution >= 0.6 is 0 Å². The third-order valence-electron chi connectivity index (χ3n) is 5.33. The zero-order valence-electron chi connectivity index (χ0n) is 14.5. The lowest BCUT2D eigenvalue weighted by atomic mass is 9.77. The highest BCUT2D eigenvalue weighted by molar-refractivity contribution is 5.94. The maximum Gasteiger partial charge on any atom is 0.255 e. The number of pyridine rings is 1. The molecule has 2 saturated heterocycles. The van der Waals surface area contributed by atoms with Gasteiger partial charge >= 0.3 is 0 Å². The molecule has 0 radical (unpaired) electrons. The summed E-state index contributed by atoms with van der Waals surface area (Å²) < 4.78 is 5.08. The van der Waals surface area contributed by atoms with Crippen molar-refractivity contribution in [2.75, 3.05) is 39.9 Å². The van der Waals surface area contributed by atoms with Gasteiger partial charge in [0.1, 0.15) is 0 Å². The van der Waals surface area contributed by atoms with Gasteiger partial charge < -0.3 is 14.5 Å². The minimum atomic E-state index is -0.268. The highest BCUT2D eigenvalue weighted by Gasteiger charge is 2.48. The first-order valence-electron chi connectivity index (χ1n) is 8.56. The molecule has 1 spiro atoms. The minimum Gasteiger partial charge on any atom is -0.383 e. The summed E-state index contributed by atoms with van der Waals surface area (Å²) in [6, 6.07) is 3.68. The van der Waals surface area contributed by atoms with Crippen LogP contribution in [-0.4, -0.2) is 66.5 Å². The second-order valence-corrected chi connectivity index (χ2v) is 6.80.